The highest BCUT2D eigenvalue weighted by Crippen LogP contribution is 2.15. The fraction of sp³-hybridized carbons (Fsp3) is 0.250. The van der Waals surface area contributed by atoms with E-state index in [1.807, 2.05) is 6.07 Å². The van der Waals surface area contributed by atoms with E-state index in [0.717, 1.165) is 5.76 Å². The number of hydrogen-bond acceptors (Lipinski definition) is 4. The molecule has 18 heavy (non-hydrogen) atoms. The van der Waals surface area contributed by atoms with Crippen molar-refractivity contribution < 1.29 is 14.3 Å². The Labute approximate surface area is 108 Å². The Morgan fingerprint density at radius 3 is 2.94 bits per heavy atom. The van der Waals surface area contributed by atoms with E-state index in [4.69, 9.17) is 21.1 Å². The number of halogens is 1. The maximum Gasteiger partial charge on any atom is 0.303 e. The van der Waals surface area contributed by atoms with Crippen LogP contribution < -0.4 is 0 Å². The van der Waals surface area contributed by atoms with Crippen molar-refractivity contribution in [1.29, 1.82) is 0 Å². The van der Waals surface area contributed by atoms with Crippen LogP contribution in [0.25, 0.3) is 0 Å². The first-order chi connectivity index (χ1) is 8.65. The lowest BCUT2D eigenvalue weighted by molar-refractivity contribution is -0.136. The molecule has 2 rings (SSSR count). The molecule has 94 valence electrons. The first-order valence-corrected chi connectivity index (χ1v) is 5.77. The summed E-state index contributed by atoms with van der Waals surface area (Å²) in [6.45, 7) is 0. The first-order valence-electron chi connectivity index (χ1n) is 5.39. The number of aryl methyl sites for hydroxylation is 1. The number of hydrogen-bond donors (Lipinski definition) is 1. The monoisotopic (exact) mass is 266 g/mol. The molecule has 6 heteroatoms. The van der Waals surface area contributed by atoms with E-state index in [-0.39, 0.29) is 6.42 Å². The number of carboxylic acids is 1. The molecule has 0 aromatic carbocycles. The van der Waals surface area contributed by atoms with Gasteiger partial charge in [-0.25, -0.2) is 9.97 Å². The molecule has 0 fully saturated rings. The van der Waals surface area contributed by atoms with Crippen LogP contribution in [0.1, 0.15) is 23.6 Å². The second-order valence-electron chi connectivity index (χ2n) is 3.75. The number of aliphatic carboxylic acids is 1. The van der Waals surface area contributed by atoms with Gasteiger partial charge in [-0.2, -0.15) is 0 Å². The third-order valence-electron chi connectivity index (χ3n) is 2.38. The largest absolute Gasteiger partial charge is 0.481 e. The Kier molecular flexibility index (Phi) is 3.94. The molecule has 0 saturated carbocycles. The van der Waals surface area contributed by atoms with Crippen LogP contribution in [-0.2, 0) is 17.6 Å². The molecule has 0 spiro atoms. The van der Waals surface area contributed by atoms with Crippen molar-refractivity contribution in [3.63, 3.8) is 0 Å². The lowest BCUT2D eigenvalue weighted by Gasteiger charge is -2.03. The summed E-state index contributed by atoms with van der Waals surface area (Å²) in [5.41, 5.74) is 0.641. The minimum absolute atomic E-state index is 0.0145. The van der Waals surface area contributed by atoms with Crippen LogP contribution in [0.4, 0.5) is 0 Å². The van der Waals surface area contributed by atoms with Crippen molar-refractivity contribution in [1.82, 2.24) is 9.97 Å². The number of aromatic nitrogens is 2. The predicted molar refractivity (Wildman–Crippen MR) is 64.5 cm³/mol. The summed E-state index contributed by atoms with van der Waals surface area (Å²) in [6, 6.07) is 3.62. The highest BCUT2D eigenvalue weighted by Gasteiger charge is 2.08. The Hall–Kier alpha value is -1.88. The summed E-state index contributed by atoms with van der Waals surface area (Å²) in [4.78, 5) is 18.7. The second kappa shape index (κ2) is 5.64. The van der Waals surface area contributed by atoms with Gasteiger partial charge >= 0.3 is 5.97 Å². The van der Waals surface area contributed by atoms with Crippen molar-refractivity contribution in [3.05, 3.63) is 46.9 Å². The molecule has 0 unspecified atom stereocenters. The van der Waals surface area contributed by atoms with Crippen LogP contribution in [0, 0.1) is 0 Å². The van der Waals surface area contributed by atoms with Crippen LogP contribution >= 0.6 is 11.6 Å². The summed E-state index contributed by atoms with van der Waals surface area (Å²) in [7, 11) is 0. The van der Waals surface area contributed by atoms with Crippen LogP contribution in [0.5, 0.6) is 0 Å². The van der Waals surface area contributed by atoms with Gasteiger partial charge in [-0.3, -0.25) is 4.79 Å². The fourth-order valence-corrected chi connectivity index (χ4v) is 1.72. The Morgan fingerprint density at radius 2 is 2.33 bits per heavy atom. The molecule has 2 aromatic heterocycles. The SMILES string of the molecule is O=C(O)CCc1cnc(Cc2ccco2)nc1Cl. The maximum atomic E-state index is 10.5. The third-order valence-corrected chi connectivity index (χ3v) is 2.71. The van der Waals surface area contributed by atoms with E-state index in [1.54, 1.807) is 18.5 Å². The van der Waals surface area contributed by atoms with Gasteiger partial charge in [0.2, 0.25) is 0 Å². The zero-order valence-corrected chi connectivity index (χ0v) is 10.2. The molecule has 5 nitrogen and oxygen atoms in total. The Bertz CT molecular complexity index is 540. The fourth-order valence-electron chi connectivity index (χ4n) is 1.48. The molecular weight excluding hydrogens is 256 g/mol. The van der Waals surface area contributed by atoms with Crippen LogP contribution in [-0.4, -0.2) is 21.0 Å². The summed E-state index contributed by atoms with van der Waals surface area (Å²) < 4.78 is 5.19. The number of furan rings is 1. The van der Waals surface area contributed by atoms with E-state index < -0.39 is 5.97 Å². The zero-order valence-electron chi connectivity index (χ0n) is 9.47. The summed E-state index contributed by atoms with van der Waals surface area (Å²) in [6.07, 6.45) is 3.95. The number of rotatable bonds is 5. The van der Waals surface area contributed by atoms with E-state index in [9.17, 15) is 4.79 Å². The van der Waals surface area contributed by atoms with Crippen molar-refractivity contribution >= 4 is 17.6 Å². The third kappa shape index (κ3) is 3.30. The highest BCUT2D eigenvalue weighted by atomic mass is 35.5. The van der Waals surface area contributed by atoms with Gasteiger partial charge < -0.3 is 9.52 Å². The summed E-state index contributed by atoms with van der Waals surface area (Å²) in [5.74, 6) is 0.434. The normalized spacial score (nSPS) is 10.5. The molecule has 0 aliphatic rings. The van der Waals surface area contributed by atoms with E-state index in [1.165, 1.54) is 0 Å². The Morgan fingerprint density at radius 1 is 1.50 bits per heavy atom. The van der Waals surface area contributed by atoms with Crippen LogP contribution in [0.15, 0.2) is 29.0 Å². The quantitative estimate of drug-likeness (QED) is 0.841. The molecule has 0 radical (unpaired) electrons. The molecule has 0 aliphatic heterocycles. The lowest BCUT2D eigenvalue weighted by Crippen LogP contribution is -2.02. The van der Waals surface area contributed by atoms with Gasteiger partial charge in [0, 0.05) is 18.2 Å². The van der Waals surface area contributed by atoms with Gasteiger partial charge in [0.1, 0.15) is 16.7 Å². The van der Waals surface area contributed by atoms with Crippen molar-refractivity contribution in [2.24, 2.45) is 0 Å². The first kappa shape index (κ1) is 12.6. The average molecular weight is 267 g/mol. The van der Waals surface area contributed by atoms with E-state index in [0.29, 0.717) is 29.4 Å². The lowest BCUT2D eigenvalue weighted by atomic mass is 10.2. The standard InChI is InChI=1S/C12H11ClN2O3/c13-12-8(3-4-11(16)17)7-14-10(15-12)6-9-2-1-5-18-9/h1-2,5,7H,3-4,6H2,(H,16,17). The highest BCUT2D eigenvalue weighted by molar-refractivity contribution is 6.30. The molecule has 2 aromatic rings. The smallest absolute Gasteiger partial charge is 0.303 e. The van der Waals surface area contributed by atoms with E-state index >= 15 is 0 Å². The van der Waals surface area contributed by atoms with Gasteiger partial charge in [-0.15, -0.1) is 0 Å². The molecule has 2 heterocycles. The molecule has 1 N–H and O–H groups in total. The van der Waals surface area contributed by atoms with Crippen molar-refractivity contribution in [2.45, 2.75) is 19.3 Å². The summed E-state index contributed by atoms with van der Waals surface area (Å²) >= 11 is 5.98. The Balaban J connectivity index is 2.07. The molecule has 0 atom stereocenters. The molecule has 0 amide bonds. The average Bonchev–Trinajstić information content (AvgIpc) is 2.80. The van der Waals surface area contributed by atoms with E-state index in [2.05, 4.69) is 9.97 Å². The van der Waals surface area contributed by atoms with Crippen LogP contribution in [0.3, 0.4) is 0 Å². The molecule has 0 saturated heterocycles. The minimum atomic E-state index is -0.870. The zero-order chi connectivity index (χ0) is 13.0. The maximum absolute atomic E-state index is 10.5. The van der Waals surface area contributed by atoms with Gasteiger partial charge in [0.15, 0.2) is 0 Å². The summed E-state index contributed by atoms with van der Waals surface area (Å²) in [5, 5.41) is 8.89. The van der Waals surface area contributed by atoms with Crippen molar-refractivity contribution in [3.8, 4) is 0 Å². The van der Waals surface area contributed by atoms with Gasteiger partial charge in [-0.1, -0.05) is 11.6 Å². The molecule has 0 bridgehead atoms. The number of carbonyl (C=O) groups is 1. The minimum Gasteiger partial charge on any atom is -0.481 e. The number of carboxylic acid groups (broad SMARTS) is 1. The van der Waals surface area contributed by atoms with Gasteiger partial charge in [0.05, 0.1) is 12.7 Å². The topological polar surface area (TPSA) is 76.2 Å². The molecule has 0 aliphatic carbocycles. The number of nitrogens with zero attached hydrogens (tertiary/aromatic N) is 2. The van der Waals surface area contributed by atoms with Crippen LogP contribution in [0.2, 0.25) is 5.15 Å². The van der Waals surface area contributed by atoms with Crippen molar-refractivity contribution in [2.75, 3.05) is 0 Å². The van der Waals surface area contributed by atoms with Gasteiger partial charge in [0.25, 0.3) is 0 Å². The second-order valence-corrected chi connectivity index (χ2v) is 4.11. The van der Waals surface area contributed by atoms with Gasteiger partial charge in [-0.05, 0) is 18.6 Å². The predicted octanol–water partition coefficient (Wildman–Crippen LogP) is 2.33. The molecular formula is C12H11ClN2O3.